The Balaban J connectivity index is 2.98. The van der Waals surface area contributed by atoms with E-state index in [1.165, 1.54) is 4.90 Å². The van der Waals surface area contributed by atoms with E-state index < -0.39 is 0 Å². The molecule has 0 unspecified atom stereocenters. The minimum absolute atomic E-state index is 0.165. The molecule has 0 bridgehead atoms. The molecule has 5 nitrogen and oxygen atoms in total. The Kier molecular flexibility index (Phi) is 6.24. The number of hydrogen-bond donors (Lipinski definition) is 1. The van der Waals surface area contributed by atoms with Crippen molar-refractivity contribution in [1.82, 2.24) is 4.90 Å². The summed E-state index contributed by atoms with van der Waals surface area (Å²) in [6.07, 6.45) is 0. The molecule has 0 radical (unpaired) electrons. The van der Waals surface area contributed by atoms with Gasteiger partial charge in [0.05, 0.1) is 24.7 Å². The summed E-state index contributed by atoms with van der Waals surface area (Å²) in [4.78, 5) is 14.0. The van der Waals surface area contributed by atoms with Crippen molar-refractivity contribution in [3.05, 3.63) is 23.8 Å². The molecule has 0 saturated heterocycles. The number of rotatable bonds is 7. The lowest BCUT2D eigenvalue weighted by molar-refractivity contribution is 0.0814. The van der Waals surface area contributed by atoms with Gasteiger partial charge in [-0.05, 0) is 32.0 Å². The highest BCUT2D eigenvalue weighted by molar-refractivity contribution is 7.80. The number of likely N-dealkylation sites (N-methyl/N-ethyl adjacent to an activating group) is 1. The molecule has 1 aromatic carbocycles. The molecule has 1 rings (SSSR count). The lowest BCUT2D eigenvalue weighted by Crippen LogP contribution is -2.34. The quantitative estimate of drug-likeness (QED) is 0.778. The fourth-order valence-corrected chi connectivity index (χ4v) is 1.90. The molecule has 0 fully saturated rings. The summed E-state index contributed by atoms with van der Waals surface area (Å²) in [6, 6.07) is 5.11. The molecule has 0 aromatic heterocycles. The molecule has 6 heteroatoms. The van der Waals surface area contributed by atoms with Crippen LogP contribution in [0.5, 0.6) is 11.5 Å². The average Bonchev–Trinajstić information content (AvgIpc) is 2.39. The fourth-order valence-electron chi connectivity index (χ4n) is 1.71. The molecular formula is C14H20N2O3S. The number of amides is 1. The van der Waals surface area contributed by atoms with Gasteiger partial charge >= 0.3 is 0 Å². The second-order valence-corrected chi connectivity index (χ2v) is 4.68. The first-order valence-corrected chi connectivity index (χ1v) is 6.83. The van der Waals surface area contributed by atoms with Gasteiger partial charge in [0.1, 0.15) is 0 Å². The van der Waals surface area contributed by atoms with E-state index in [4.69, 9.17) is 27.4 Å². The van der Waals surface area contributed by atoms with E-state index in [1.807, 2.05) is 13.8 Å². The standard InChI is InChI=1S/C14H20N2O3S/c1-4-18-11-7-6-10(8-12(11)19-5-2)14(17)16(3)9-13(15)20/h6-8H,4-5,9H2,1-3H3,(H2,15,20). The first-order valence-electron chi connectivity index (χ1n) is 6.43. The Morgan fingerprint density at radius 3 is 2.40 bits per heavy atom. The fraction of sp³-hybridized carbons (Fsp3) is 0.429. The third kappa shape index (κ3) is 4.38. The van der Waals surface area contributed by atoms with Crippen molar-refractivity contribution in [2.45, 2.75) is 13.8 Å². The van der Waals surface area contributed by atoms with Crippen LogP contribution >= 0.6 is 12.2 Å². The molecule has 1 aromatic rings. The summed E-state index contributed by atoms with van der Waals surface area (Å²) >= 11 is 4.80. The topological polar surface area (TPSA) is 64.8 Å². The molecule has 0 aliphatic carbocycles. The Hall–Kier alpha value is -1.82. The minimum atomic E-state index is -0.165. The van der Waals surface area contributed by atoms with Gasteiger partial charge in [0.2, 0.25) is 0 Å². The maximum atomic E-state index is 12.2. The monoisotopic (exact) mass is 296 g/mol. The van der Waals surface area contributed by atoms with E-state index in [2.05, 4.69) is 0 Å². The maximum absolute atomic E-state index is 12.2. The van der Waals surface area contributed by atoms with Crippen LogP contribution in [0.3, 0.4) is 0 Å². The molecular weight excluding hydrogens is 276 g/mol. The van der Waals surface area contributed by atoms with E-state index in [1.54, 1.807) is 25.2 Å². The number of nitrogens with zero attached hydrogens (tertiary/aromatic N) is 1. The Morgan fingerprint density at radius 2 is 1.85 bits per heavy atom. The molecule has 0 heterocycles. The third-order valence-corrected chi connectivity index (χ3v) is 2.66. The predicted octanol–water partition coefficient (Wildman–Crippen LogP) is 1.84. The smallest absolute Gasteiger partial charge is 0.254 e. The molecule has 0 aliphatic rings. The SMILES string of the molecule is CCOc1ccc(C(=O)N(C)CC(N)=S)cc1OCC. The first kappa shape index (κ1) is 16.2. The van der Waals surface area contributed by atoms with E-state index in [9.17, 15) is 4.79 Å². The zero-order valence-corrected chi connectivity index (χ0v) is 12.8. The Bertz CT molecular complexity index is 491. The molecule has 0 aliphatic heterocycles. The summed E-state index contributed by atoms with van der Waals surface area (Å²) < 4.78 is 11.0. The van der Waals surface area contributed by atoms with Gasteiger partial charge in [-0.1, -0.05) is 12.2 Å². The maximum Gasteiger partial charge on any atom is 0.254 e. The van der Waals surface area contributed by atoms with Crippen molar-refractivity contribution in [3.8, 4) is 11.5 Å². The highest BCUT2D eigenvalue weighted by Gasteiger charge is 2.15. The highest BCUT2D eigenvalue weighted by atomic mass is 32.1. The van der Waals surface area contributed by atoms with Gasteiger partial charge < -0.3 is 20.1 Å². The van der Waals surface area contributed by atoms with Crippen LogP contribution in [-0.2, 0) is 0 Å². The Morgan fingerprint density at radius 1 is 1.25 bits per heavy atom. The second-order valence-electron chi connectivity index (χ2n) is 4.16. The lowest BCUT2D eigenvalue weighted by Gasteiger charge is -2.17. The zero-order valence-electron chi connectivity index (χ0n) is 12.0. The number of carbonyl (C=O) groups excluding carboxylic acids is 1. The molecule has 20 heavy (non-hydrogen) atoms. The second kappa shape index (κ2) is 7.69. The van der Waals surface area contributed by atoms with Gasteiger partial charge in [-0.15, -0.1) is 0 Å². The number of benzene rings is 1. The van der Waals surface area contributed by atoms with Crippen LogP contribution in [0, 0.1) is 0 Å². The van der Waals surface area contributed by atoms with Crippen LogP contribution in [0.2, 0.25) is 0 Å². The molecule has 0 atom stereocenters. The Labute approximate surface area is 124 Å². The van der Waals surface area contributed by atoms with Crippen LogP contribution in [0.4, 0.5) is 0 Å². The zero-order chi connectivity index (χ0) is 15.1. The van der Waals surface area contributed by atoms with Crippen LogP contribution in [-0.4, -0.2) is 42.6 Å². The minimum Gasteiger partial charge on any atom is -0.490 e. The molecule has 1 amide bonds. The summed E-state index contributed by atoms with van der Waals surface area (Å²) in [5, 5.41) is 0. The van der Waals surface area contributed by atoms with Crippen molar-refractivity contribution < 1.29 is 14.3 Å². The number of thiocarbonyl (C=S) groups is 1. The normalized spacial score (nSPS) is 9.95. The summed E-state index contributed by atoms with van der Waals surface area (Å²) in [7, 11) is 1.65. The van der Waals surface area contributed by atoms with Gasteiger partial charge in [-0.25, -0.2) is 0 Å². The van der Waals surface area contributed by atoms with E-state index in [-0.39, 0.29) is 17.4 Å². The van der Waals surface area contributed by atoms with Gasteiger partial charge in [-0.3, -0.25) is 4.79 Å². The molecule has 0 saturated carbocycles. The summed E-state index contributed by atoms with van der Waals surface area (Å²) in [5.74, 6) is 1.02. The number of ether oxygens (including phenoxy) is 2. The van der Waals surface area contributed by atoms with Gasteiger partial charge in [0.25, 0.3) is 5.91 Å². The predicted molar refractivity (Wildman–Crippen MR) is 82.5 cm³/mol. The number of hydrogen-bond acceptors (Lipinski definition) is 4. The lowest BCUT2D eigenvalue weighted by atomic mass is 10.1. The van der Waals surface area contributed by atoms with E-state index >= 15 is 0 Å². The van der Waals surface area contributed by atoms with Crippen LogP contribution in [0.25, 0.3) is 0 Å². The summed E-state index contributed by atoms with van der Waals surface area (Å²) in [6.45, 7) is 5.05. The van der Waals surface area contributed by atoms with Crippen LogP contribution in [0.1, 0.15) is 24.2 Å². The van der Waals surface area contributed by atoms with Crippen molar-refractivity contribution >= 4 is 23.1 Å². The van der Waals surface area contributed by atoms with Crippen molar-refractivity contribution in [2.75, 3.05) is 26.8 Å². The number of carbonyl (C=O) groups is 1. The number of nitrogens with two attached hydrogens (primary N) is 1. The summed E-state index contributed by atoms with van der Waals surface area (Å²) in [5.41, 5.74) is 5.95. The first-order chi connectivity index (χ1) is 9.49. The highest BCUT2D eigenvalue weighted by Crippen LogP contribution is 2.28. The molecule has 0 spiro atoms. The van der Waals surface area contributed by atoms with Crippen molar-refractivity contribution in [2.24, 2.45) is 5.73 Å². The van der Waals surface area contributed by atoms with Crippen LogP contribution < -0.4 is 15.2 Å². The van der Waals surface area contributed by atoms with Crippen molar-refractivity contribution in [3.63, 3.8) is 0 Å². The third-order valence-electron chi connectivity index (χ3n) is 2.53. The van der Waals surface area contributed by atoms with Crippen LogP contribution in [0.15, 0.2) is 18.2 Å². The van der Waals surface area contributed by atoms with Crippen molar-refractivity contribution in [1.29, 1.82) is 0 Å². The van der Waals surface area contributed by atoms with E-state index in [0.29, 0.717) is 30.3 Å². The van der Waals surface area contributed by atoms with Gasteiger partial charge in [0, 0.05) is 12.6 Å². The van der Waals surface area contributed by atoms with E-state index in [0.717, 1.165) is 0 Å². The largest absolute Gasteiger partial charge is 0.490 e. The molecule has 110 valence electrons. The van der Waals surface area contributed by atoms with Gasteiger partial charge in [-0.2, -0.15) is 0 Å². The average molecular weight is 296 g/mol. The molecule has 2 N–H and O–H groups in total. The van der Waals surface area contributed by atoms with Gasteiger partial charge in [0.15, 0.2) is 11.5 Å².